The lowest BCUT2D eigenvalue weighted by Gasteiger charge is -2.16. The first kappa shape index (κ1) is 30.7. The minimum Gasteiger partial charge on any atom is -0.489 e. The van der Waals surface area contributed by atoms with Crippen molar-refractivity contribution in [2.75, 3.05) is 31.3 Å². The molecule has 2 aromatic rings. The van der Waals surface area contributed by atoms with E-state index in [9.17, 15) is 9.59 Å². The van der Waals surface area contributed by atoms with Gasteiger partial charge in [0.05, 0.1) is 18.4 Å². The maximum atomic E-state index is 13.0. The van der Waals surface area contributed by atoms with Crippen molar-refractivity contribution in [1.29, 1.82) is 0 Å². The van der Waals surface area contributed by atoms with Gasteiger partial charge in [-0.05, 0) is 68.5 Å². The third-order valence-electron chi connectivity index (χ3n) is 5.83. The number of hydrogen-bond acceptors (Lipinski definition) is 5. The summed E-state index contributed by atoms with van der Waals surface area (Å²) in [4.78, 5) is 26.6. The minimum atomic E-state index is -0.245. The topological polar surface area (TPSA) is 76.7 Å². The smallest absolute Gasteiger partial charge is 0.255 e. The summed E-state index contributed by atoms with van der Waals surface area (Å²) < 4.78 is 10.8. The first-order valence-corrected chi connectivity index (χ1v) is 14.5. The molecule has 0 unspecified atom stereocenters. The Morgan fingerprint density at radius 2 is 1.51 bits per heavy atom. The number of unbranched alkanes of at least 4 members (excludes halogenated alkanes) is 7. The molecule has 0 heterocycles. The molecule has 2 N–H and O–H groups in total. The van der Waals surface area contributed by atoms with Gasteiger partial charge in [0.1, 0.15) is 5.75 Å². The fraction of sp³-hybridized carbons (Fsp3) is 0.533. The van der Waals surface area contributed by atoms with Crippen molar-refractivity contribution in [3.8, 4) is 5.75 Å². The predicted molar refractivity (Wildman–Crippen MR) is 154 cm³/mol. The first-order valence-electron chi connectivity index (χ1n) is 13.6. The Kier molecular flexibility index (Phi) is 14.8. The highest BCUT2D eigenvalue weighted by atomic mass is 32.2. The molecule has 2 amide bonds. The van der Waals surface area contributed by atoms with Crippen LogP contribution < -0.4 is 15.4 Å². The summed E-state index contributed by atoms with van der Waals surface area (Å²) in [6, 6.07) is 12.7. The van der Waals surface area contributed by atoms with E-state index in [1.165, 1.54) is 51.4 Å². The molecule has 0 saturated heterocycles. The Bertz CT molecular complexity index is 947. The second kappa shape index (κ2) is 17.9. The van der Waals surface area contributed by atoms with Crippen molar-refractivity contribution in [2.24, 2.45) is 0 Å². The molecule has 0 radical (unpaired) electrons. The van der Waals surface area contributed by atoms with Gasteiger partial charge in [-0.15, -0.1) is 11.8 Å². The molecular formula is C30H44N2O4S. The molecule has 0 aliphatic carbocycles. The Balaban J connectivity index is 1.91. The Labute approximate surface area is 227 Å². The second-order valence-electron chi connectivity index (χ2n) is 9.43. The lowest BCUT2D eigenvalue weighted by molar-refractivity contribution is 0.0936. The molecule has 37 heavy (non-hydrogen) atoms. The Morgan fingerprint density at radius 1 is 0.865 bits per heavy atom. The van der Waals surface area contributed by atoms with Crippen molar-refractivity contribution in [3.63, 3.8) is 0 Å². The zero-order valence-electron chi connectivity index (χ0n) is 22.9. The number of ether oxygens (including phenoxy) is 2. The molecule has 0 aromatic heterocycles. The maximum Gasteiger partial charge on any atom is 0.255 e. The van der Waals surface area contributed by atoms with E-state index in [1.807, 2.05) is 49.9 Å². The maximum absolute atomic E-state index is 13.0. The number of rotatable bonds is 18. The molecule has 6 nitrogen and oxygen atoms in total. The summed E-state index contributed by atoms with van der Waals surface area (Å²) in [5, 5.41) is 5.72. The van der Waals surface area contributed by atoms with Gasteiger partial charge in [-0.25, -0.2) is 0 Å². The number of benzene rings is 2. The summed E-state index contributed by atoms with van der Waals surface area (Å²) in [6.45, 7) is 6.92. The Hall–Kier alpha value is -2.51. The first-order chi connectivity index (χ1) is 17.9. The van der Waals surface area contributed by atoms with Crippen molar-refractivity contribution >= 4 is 29.3 Å². The van der Waals surface area contributed by atoms with Gasteiger partial charge in [0, 0.05) is 29.7 Å². The van der Waals surface area contributed by atoms with E-state index in [0.29, 0.717) is 35.7 Å². The number of hydrogen-bond donors (Lipinski definition) is 2. The molecule has 204 valence electrons. The number of carbonyl (C=O) groups is 2. The van der Waals surface area contributed by atoms with E-state index in [4.69, 9.17) is 9.47 Å². The number of carbonyl (C=O) groups excluding carboxylic acids is 2. The minimum absolute atomic E-state index is 0.0746. The van der Waals surface area contributed by atoms with Crippen LogP contribution in [0.1, 0.15) is 92.9 Å². The average molecular weight is 529 g/mol. The Morgan fingerprint density at radius 3 is 2.16 bits per heavy atom. The van der Waals surface area contributed by atoms with Gasteiger partial charge in [0.15, 0.2) is 0 Å². The van der Waals surface area contributed by atoms with Gasteiger partial charge in [-0.2, -0.15) is 0 Å². The fourth-order valence-corrected chi connectivity index (χ4v) is 4.73. The third kappa shape index (κ3) is 12.1. The van der Waals surface area contributed by atoms with Crippen LogP contribution in [0.15, 0.2) is 47.4 Å². The van der Waals surface area contributed by atoms with Crippen LogP contribution in [0.4, 0.5) is 5.69 Å². The van der Waals surface area contributed by atoms with Gasteiger partial charge in [0.25, 0.3) is 11.8 Å². The van der Waals surface area contributed by atoms with Gasteiger partial charge in [-0.3, -0.25) is 9.59 Å². The third-order valence-corrected chi connectivity index (χ3v) is 6.93. The quantitative estimate of drug-likeness (QED) is 0.156. The van der Waals surface area contributed by atoms with E-state index in [0.717, 1.165) is 10.6 Å². The molecule has 0 atom stereocenters. The van der Waals surface area contributed by atoms with Gasteiger partial charge in [0.2, 0.25) is 0 Å². The monoisotopic (exact) mass is 528 g/mol. The molecule has 7 heteroatoms. The summed E-state index contributed by atoms with van der Waals surface area (Å²) >= 11 is 1.83. The largest absolute Gasteiger partial charge is 0.489 e. The van der Waals surface area contributed by atoms with Crippen LogP contribution in [0.2, 0.25) is 0 Å². The summed E-state index contributed by atoms with van der Waals surface area (Å²) in [6.07, 6.45) is 10.5. The number of anilines is 1. The van der Waals surface area contributed by atoms with Gasteiger partial charge < -0.3 is 20.1 Å². The molecule has 0 aliphatic rings. The second-order valence-corrected chi connectivity index (χ2v) is 10.6. The molecule has 0 fully saturated rings. The molecule has 0 aliphatic heterocycles. The van der Waals surface area contributed by atoms with Crippen LogP contribution in [0.25, 0.3) is 0 Å². The van der Waals surface area contributed by atoms with Crippen LogP contribution in [0, 0.1) is 0 Å². The van der Waals surface area contributed by atoms with E-state index in [2.05, 4.69) is 17.6 Å². The predicted octanol–water partition coefficient (Wildman–Crippen LogP) is 7.34. The van der Waals surface area contributed by atoms with Crippen molar-refractivity contribution in [2.45, 2.75) is 83.1 Å². The summed E-state index contributed by atoms with van der Waals surface area (Å²) in [5.74, 6) is 1.14. The van der Waals surface area contributed by atoms with Gasteiger partial charge >= 0.3 is 0 Å². The number of thioether (sulfide) groups is 1. The molecule has 0 bridgehead atoms. The lowest BCUT2D eigenvalue weighted by Crippen LogP contribution is -2.27. The van der Waals surface area contributed by atoms with E-state index in [1.54, 1.807) is 25.3 Å². The highest BCUT2D eigenvalue weighted by molar-refractivity contribution is 7.99. The number of methoxy groups -OCH3 is 1. The standard InChI is InChI=1S/C30H44N2O4S/c1-5-6-7-8-9-10-11-12-21-37-26-16-13-24(14-17-26)30(34)32-27-22-25(29(33)31-19-20-35-4)15-18-28(27)36-23(2)3/h13-18,22-23H,5-12,19-21H2,1-4H3,(H,31,33)(H,32,34). The van der Waals surface area contributed by atoms with Crippen molar-refractivity contribution in [3.05, 3.63) is 53.6 Å². The van der Waals surface area contributed by atoms with Gasteiger partial charge in [-0.1, -0.05) is 51.9 Å². The normalized spacial score (nSPS) is 10.9. The zero-order chi connectivity index (χ0) is 26.9. The average Bonchev–Trinajstić information content (AvgIpc) is 2.88. The fourth-order valence-electron chi connectivity index (χ4n) is 3.82. The van der Waals surface area contributed by atoms with E-state index in [-0.39, 0.29) is 17.9 Å². The number of amides is 2. The summed E-state index contributed by atoms with van der Waals surface area (Å²) in [5.41, 5.74) is 1.46. The van der Waals surface area contributed by atoms with Crippen LogP contribution in [0.3, 0.4) is 0 Å². The van der Waals surface area contributed by atoms with Crippen LogP contribution in [0.5, 0.6) is 5.75 Å². The van der Waals surface area contributed by atoms with E-state index < -0.39 is 0 Å². The SMILES string of the molecule is CCCCCCCCCCSc1ccc(C(=O)Nc2cc(C(=O)NCCOC)ccc2OC(C)C)cc1. The molecule has 0 saturated carbocycles. The highest BCUT2D eigenvalue weighted by Crippen LogP contribution is 2.28. The highest BCUT2D eigenvalue weighted by Gasteiger charge is 2.15. The van der Waals surface area contributed by atoms with Crippen LogP contribution in [-0.4, -0.2) is 43.9 Å². The summed E-state index contributed by atoms with van der Waals surface area (Å²) in [7, 11) is 1.58. The zero-order valence-corrected chi connectivity index (χ0v) is 23.8. The lowest BCUT2D eigenvalue weighted by atomic mass is 10.1. The van der Waals surface area contributed by atoms with Crippen LogP contribution in [-0.2, 0) is 4.74 Å². The number of nitrogens with one attached hydrogen (secondary N) is 2. The van der Waals surface area contributed by atoms with Crippen LogP contribution >= 0.6 is 11.8 Å². The molecule has 2 rings (SSSR count). The van der Waals surface area contributed by atoms with Crippen molar-refractivity contribution < 1.29 is 19.1 Å². The molecular weight excluding hydrogens is 484 g/mol. The van der Waals surface area contributed by atoms with Crippen molar-refractivity contribution in [1.82, 2.24) is 5.32 Å². The molecule has 0 spiro atoms. The van der Waals surface area contributed by atoms with E-state index >= 15 is 0 Å². The molecule has 2 aromatic carbocycles.